The van der Waals surface area contributed by atoms with Gasteiger partial charge in [-0.15, -0.1) is 0 Å². The smallest absolute Gasteiger partial charge is 0.134 e. The number of benzene rings is 1. The Kier molecular flexibility index (Phi) is 3.41. The number of nitrogen functional groups attached to an aromatic ring is 1. The van der Waals surface area contributed by atoms with Crippen molar-refractivity contribution in [2.24, 2.45) is 0 Å². The Balaban J connectivity index is 2.15. The molecular weight excluding hydrogens is 266 g/mol. The lowest BCUT2D eigenvalue weighted by molar-refractivity contribution is 0.395. The van der Waals surface area contributed by atoms with Crippen LogP contribution in [0.2, 0.25) is 0 Å². The zero-order valence-electron chi connectivity index (χ0n) is 12.5. The van der Waals surface area contributed by atoms with Crippen molar-refractivity contribution in [3.05, 3.63) is 29.6 Å². The third kappa shape index (κ3) is 2.51. The summed E-state index contributed by atoms with van der Waals surface area (Å²) in [6, 6.07) is 5.69. The Hall–Kier alpha value is -2.30. The van der Waals surface area contributed by atoms with Gasteiger partial charge in [-0.05, 0) is 31.9 Å². The molecule has 1 aliphatic rings. The molecule has 1 saturated carbocycles. The van der Waals surface area contributed by atoms with Crippen LogP contribution < -0.4 is 15.2 Å². The summed E-state index contributed by atoms with van der Waals surface area (Å²) in [5, 5.41) is 0. The van der Waals surface area contributed by atoms with Gasteiger partial charge in [-0.2, -0.15) is 0 Å². The molecule has 0 unspecified atom stereocenters. The molecular formula is C16H19N3O2. The molecule has 2 aromatic rings. The number of aromatic nitrogens is 2. The number of nitrogens with zero attached hydrogens (tertiary/aromatic N) is 2. The third-order valence-corrected chi connectivity index (χ3v) is 3.81. The number of rotatable bonds is 4. The predicted molar refractivity (Wildman–Crippen MR) is 81.7 cm³/mol. The standard InChI is InChI=1S/C16H19N3O2/c1-9-14(18-16(10-4-5-10)19-15(9)17)12-7-6-11(20-2)8-13(12)21-3/h6-8,10H,4-5H2,1-3H3,(H2,17,18,19). The Morgan fingerprint density at radius 2 is 1.90 bits per heavy atom. The first-order chi connectivity index (χ1) is 10.1. The average Bonchev–Trinajstić information content (AvgIpc) is 3.34. The van der Waals surface area contributed by atoms with E-state index in [4.69, 9.17) is 20.2 Å². The van der Waals surface area contributed by atoms with Gasteiger partial charge in [0.15, 0.2) is 0 Å². The molecule has 1 aromatic heterocycles. The highest BCUT2D eigenvalue weighted by atomic mass is 16.5. The molecule has 5 heteroatoms. The molecule has 0 atom stereocenters. The first kappa shape index (κ1) is 13.7. The molecule has 1 fully saturated rings. The first-order valence-corrected chi connectivity index (χ1v) is 7.00. The molecule has 1 aliphatic carbocycles. The predicted octanol–water partition coefficient (Wildman–Crippen LogP) is 2.93. The highest BCUT2D eigenvalue weighted by Gasteiger charge is 2.28. The van der Waals surface area contributed by atoms with Crippen LogP contribution in [0.25, 0.3) is 11.3 Å². The van der Waals surface area contributed by atoms with Gasteiger partial charge in [-0.1, -0.05) is 0 Å². The number of methoxy groups -OCH3 is 2. The van der Waals surface area contributed by atoms with Gasteiger partial charge < -0.3 is 15.2 Å². The van der Waals surface area contributed by atoms with Crippen molar-refractivity contribution in [3.8, 4) is 22.8 Å². The van der Waals surface area contributed by atoms with Gasteiger partial charge >= 0.3 is 0 Å². The van der Waals surface area contributed by atoms with E-state index in [-0.39, 0.29) is 0 Å². The number of hydrogen-bond donors (Lipinski definition) is 1. The molecule has 2 N–H and O–H groups in total. The van der Waals surface area contributed by atoms with Gasteiger partial charge in [0.05, 0.1) is 19.9 Å². The van der Waals surface area contributed by atoms with Gasteiger partial charge in [0.1, 0.15) is 23.1 Å². The van der Waals surface area contributed by atoms with E-state index in [9.17, 15) is 0 Å². The molecule has 0 radical (unpaired) electrons. The van der Waals surface area contributed by atoms with Crippen molar-refractivity contribution in [1.82, 2.24) is 9.97 Å². The number of anilines is 1. The summed E-state index contributed by atoms with van der Waals surface area (Å²) < 4.78 is 10.7. The second-order valence-corrected chi connectivity index (χ2v) is 5.28. The lowest BCUT2D eigenvalue weighted by atomic mass is 10.1. The molecule has 21 heavy (non-hydrogen) atoms. The monoisotopic (exact) mass is 285 g/mol. The molecule has 0 spiro atoms. The Morgan fingerprint density at radius 3 is 2.52 bits per heavy atom. The highest BCUT2D eigenvalue weighted by Crippen LogP contribution is 2.41. The summed E-state index contributed by atoms with van der Waals surface area (Å²) in [6.45, 7) is 1.94. The summed E-state index contributed by atoms with van der Waals surface area (Å²) in [7, 11) is 3.27. The van der Waals surface area contributed by atoms with Crippen LogP contribution in [0.4, 0.5) is 5.82 Å². The van der Waals surface area contributed by atoms with E-state index in [1.165, 1.54) is 0 Å². The molecule has 1 heterocycles. The van der Waals surface area contributed by atoms with Crippen molar-refractivity contribution in [1.29, 1.82) is 0 Å². The maximum atomic E-state index is 6.06. The Morgan fingerprint density at radius 1 is 1.14 bits per heavy atom. The SMILES string of the molecule is COc1ccc(-c2nc(C3CC3)nc(N)c2C)c(OC)c1. The van der Waals surface area contributed by atoms with Crippen LogP contribution in [0.15, 0.2) is 18.2 Å². The molecule has 0 bridgehead atoms. The molecule has 5 nitrogen and oxygen atoms in total. The van der Waals surface area contributed by atoms with Crippen LogP contribution in [0, 0.1) is 6.92 Å². The highest BCUT2D eigenvalue weighted by molar-refractivity contribution is 5.73. The summed E-state index contributed by atoms with van der Waals surface area (Å²) in [6.07, 6.45) is 2.28. The number of nitrogens with two attached hydrogens (primary N) is 1. The van der Waals surface area contributed by atoms with Crippen LogP contribution in [-0.4, -0.2) is 24.2 Å². The van der Waals surface area contributed by atoms with E-state index >= 15 is 0 Å². The van der Waals surface area contributed by atoms with Crippen molar-refractivity contribution in [3.63, 3.8) is 0 Å². The van der Waals surface area contributed by atoms with Gasteiger partial charge in [-0.3, -0.25) is 0 Å². The quantitative estimate of drug-likeness (QED) is 0.935. The van der Waals surface area contributed by atoms with Gasteiger partial charge in [0.25, 0.3) is 0 Å². The van der Waals surface area contributed by atoms with Crippen molar-refractivity contribution in [2.45, 2.75) is 25.7 Å². The molecule has 3 rings (SSSR count). The van der Waals surface area contributed by atoms with Crippen LogP contribution in [-0.2, 0) is 0 Å². The Labute approximate surface area is 124 Å². The fourth-order valence-electron chi connectivity index (χ4n) is 2.33. The van der Waals surface area contributed by atoms with E-state index in [0.717, 1.165) is 47.0 Å². The molecule has 1 aromatic carbocycles. The second-order valence-electron chi connectivity index (χ2n) is 5.28. The lowest BCUT2D eigenvalue weighted by Crippen LogP contribution is -2.05. The van der Waals surface area contributed by atoms with E-state index in [1.807, 2.05) is 25.1 Å². The van der Waals surface area contributed by atoms with Crippen LogP contribution in [0.3, 0.4) is 0 Å². The molecule has 0 aliphatic heterocycles. The van der Waals surface area contributed by atoms with Crippen LogP contribution >= 0.6 is 0 Å². The topological polar surface area (TPSA) is 70.3 Å². The van der Waals surface area contributed by atoms with Crippen molar-refractivity contribution < 1.29 is 9.47 Å². The van der Waals surface area contributed by atoms with Crippen LogP contribution in [0.1, 0.15) is 30.1 Å². The minimum atomic E-state index is 0.455. The van der Waals surface area contributed by atoms with Gasteiger partial charge in [0, 0.05) is 23.1 Å². The maximum Gasteiger partial charge on any atom is 0.134 e. The molecule has 110 valence electrons. The van der Waals surface area contributed by atoms with E-state index < -0.39 is 0 Å². The Bertz CT molecular complexity index is 681. The van der Waals surface area contributed by atoms with E-state index in [1.54, 1.807) is 14.2 Å². The minimum Gasteiger partial charge on any atom is -0.497 e. The van der Waals surface area contributed by atoms with Gasteiger partial charge in [0.2, 0.25) is 0 Å². The fraction of sp³-hybridized carbons (Fsp3) is 0.375. The minimum absolute atomic E-state index is 0.455. The second kappa shape index (κ2) is 5.24. The zero-order chi connectivity index (χ0) is 15.0. The average molecular weight is 285 g/mol. The summed E-state index contributed by atoms with van der Waals surface area (Å²) in [5.74, 6) is 3.30. The summed E-state index contributed by atoms with van der Waals surface area (Å²) >= 11 is 0. The van der Waals surface area contributed by atoms with Crippen molar-refractivity contribution in [2.75, 3.05) is 20.0 Å². The number of ether oxygens (including phenoxy) is 2. The largest absolute Gasteiger partial charge is 0.497 e. The summed E-state index contributed by atoms with van der Waals surface area (Å²) in [5.41, 5.74) is 8.68. The van der Waals surface area contributed by atoms with Crippen LogP contribution in [0.5, 0.6) is 11.5 Å². The fourth-order valence-corrected chi connectivity index (χ4v) is 2.33. The normalized spacial score (nSPS) is 14.0. The van der Waals surface area contributed by atoms with E-state index in [2.05, 4.69) is 4.98 Å². The van der Waals surface area contributed by atoms with Gasteiger partial charge in [-0.25, -0.2) is 9.97 Å². The molecule has 0 amide bonds. The lowest BCUT2D eigenvalue weighted by Gasteiger charge is -2.14. The maximum absolute atomic E-state index is 6.06. The summed E-state index contributed by atoms with van der Waals surface area (Å²) in [4.78, 5) is 9.13. The third-order valence-electron chi connectivity index (χ3n) is 3.81. The van der Waals surface area contributed by atoms with Crippen molar-refractivity contribution >= 4 is 5.82 Å². The molecule has 0 saturated heterocycles. The number of hydrogen-bond acceptors (Lipinski definition) is 5. The van der Waals surface area contributed by atoms with E-state index in [0.29, 0.717) is 11.7 Å². The first-order valence-electron chi connectivity index (χ1n) is 7.00. The zero-order valence-corrected chi connectivity index (χ0v) is 12.5.